The van der Waals surface area contributed by atoms with Gasteiger partial charge in [-0.1, -0.05) is 24.6 Å². The maximum atomic E-state index is 13.5. The van der Waals surface area contributed by atoms with Gasteiger partial charge in [0, 0.05) is 5.92 Å². The normalized spacial score (nSPS) is 58.5. The fraction of sp³-hybridized carbons (Fsp3) is 0.800. The summed E-state index contributed by atoms with van der Waals surface area (Å²) in [6.45, 7) is 0. The van der Waals surface area contributed by atoms with E-state index >= 15 is 0 Å². The van der Waals surface area contributed by atoms with E-state index in [1.54, 1.807) is 0 Å². The fourth-order valence-corrected chi connectivity index (χ4v) is 9.54. The molecule has 5 saturated carbocycles. The predicted octanol–water partition coefficient (Wildman–Crippen LogP) is 5.15. The van der Waals surface area contributed by atoms with Crippen LogP contribution in [0.25, 0.3) is 0 Å². The Labute approximate surface area is 162 Å². The molecule has 0 aliphatic heterocycles. The Morgan fingerprint density at radius 2 is 1.81 bits per heavy atom. The first-order chi connectivity index (χ1) is 13.2. The largest absolute Gasteiger partial charge is 0.454 e. The van der Waals surface area contributed by atoms with Gasteiger partial charge in [-0.25, -0.2) is 0 Å². The molecule has 7 rings (SSSR count). The molecule has 0 spiro atoms. The predicted molar refractivity (Wildman–Crippen MR) is 104 cm³/mol. The summed E-state index contributed by atoms with van der Waals surface area (Å²) in [4.78, 5) is 13.5. The summed E-state index contributed by atoms with van der Waals surface area (Å²) in [6.07, 6.45) is 21.0. The summed E-state index contributed by atoms with van der Waals surface area (Å²) < 4.78 is 6.56. The van der Waals surface area contributed by atoms with Crippen LogP contribution in [0.3, 0.4) is 0 Å². The van der Waals surface area contributed by atoms with Gasteiger partial charge in [-0.2, -0.15) is 0 Å². The number of fused-ring (bicyclic) bond motifs is 11. The van der Waals surface area contributed by atoms with Crippen LogP contribution in [0.5, 0.6) is 0 Å². The molecule has 144 valence electrons. The van der Waals surface area contributed by atoms with Crippen LogP contribution in [0.15, 0.2) is 24.3 Å². The lowest BCUT2D eigenvalue weighted by molar-refractivity contribution is -0.170. The van der Waals surface area contributed by atoms with Gasteiger partial charge in [0.05, 0.1) is 5.92 Å². The van der Waals surface area contributed by atoms with Crippen molar-refractivity contribution in [3.05, 3.63) is 24.3 Å². The molecule has 11 unspecified atom stereocenters. The molecule has 2 nitrogen and oxygen atoms in total. The molecule has 5 fully saturated rings. The molecule has 0 aromatic rings. The molecule has 27 heavy (non-hydrogen) atoms. The molecule has 2 heteroatoms. The van der Waals surface area contributed by atoms with Crippen molar-refractivity contribution in [2.24, 2.45) is 59.2 Å². The van der Waals surface area contributed by atoms with Gasteiger partial charge in [-0.05, 0) is 105 Å². The maximum absolute atomic E-state index is 13.5. The van der Waals surface area contributed by atoms with Gasteiger partial charge in [-0.15, -0.1) is 0 Å². The Hall–Kier alpha value is -1.05. The summed E-state index contributed by atoms with van der Waals surface area (Å²) in [7, 11) is 0. The van der Waals surface area contributed by atoms with Crippen molar-refractivity contribution in [3.8, 4) is 0 Å². The highest BCUT2D eigenvalue weighted by Gasteiger charge is 2.63. The van der Waals surface area contributed by atoms with Crippen molar-refractivity contribution < 1.29 is 9.53 Å². The second-order valence-corrected chi connectivity index (χ2v) is 11.2. The van der Waals surface area contributed by atoms with Crippen LogP contribution in [0.1, 0.15) is 57.8 Å². The molecule has 7 aliphatic rings. The van der Waals surface area contributed by atoms with E-state index in [1.807, 2.05) is 0 Å². The Morgan fingerprint density at radius 3 is 2.56 bits per heavy atom. The summed E-state index contributed by atoms with van der Waals surface area (Å²) >= 11 is 0. The molecule has 0 saturated heterocycles. The van der Waals surface area contributed by atoms with Crippen LogP contribution in [0.4, 0.5) is 0 Å². The third kappa shape index (κ3) is 2.01. The number of hydrogen-bond acceptors (Lipinski definition) is 2. The minimum Gasteiger partial charge on any atom is -0.454 e. The van der Waals surface area contributed by atoms with Crippen LogP contribution >= 0.6 is 0 Å². The second-order valence-electron chi connectivity index (χ2n) is 11.2. The highest BCUT2D eigenvalue weighted by Crippen LogP contribution is 2.67. The van der Waals surface area contributed by atoms with E-state index in [2.05, 4.69) is 24.3 Å². The van der Waals surface area contributed by atoms with Gasteiger partial charge in [0.1, 0.15) is 5.60 Å². The van der Waals surface area contributed by atoms with Crippen LogP contribution in [-0.2, 0) is 9.53 Å². The van der Waals surface area contributed by atoms with Gasteiger partial charge < -0.3 is 4.74 Å². The number of carbonyl (C=O) groups is 1. The number of ether oxygens (including phenoxy) is 1. The SMILES string of the molecule is O=C(OC1(C2CC3CCC2C3)C=CCC1)C1CC2CC1C1C3C=CC(C3)C21. The Balaban J connectivity index is 1.13. The Kier molecular flexibility index (Phi) is 3.11. The molecule has 7 aliphatic carbocycles. The van der Waals surface area contributed by atoms with E-state index in [1.165, 1.54) is 38.5 Å². The zero-order valence-electron chi connectivity index (χ0n) is 16.3. The molecular weight excluding hydrogens is 332 g/mol. The van der Waals surface area contributed by atoms with E-state index in [4.69, 9.17) is 4.74 Å². The average molecular weight is 365 g/mol. The zero-order chi connectivity index (χ0) is 17.8. The Morgan fingerprint density at radius 1 is 0.926 bits per heavy atom. The summed E-state index contributed by atoms with van der Waals surface area (Å²) in [5, 5.41) is 0. The van der Waals surface area contributed by atoms with Crippen molar-refractivity contribution in [3.63, 3.8) is 0 Å². The minimum absolute atomic E-state index is 0.182. The standard InChI is InChI=1S/C25H32O2/c26-24(20-13-18-12-19(20)23-17-6-5-16(11-17)22(18)23)27-25(7-1-2-8-25)21-10-14-3-4-15(21)9-14/h1,5-7,14-23H,2-4,8-13H2. The molecule has 0 heterocycles. The summed E-state index contributed by atoms with van der Waals surface area (Å²) in [6, 6.07) is 0. The topological polar surface area (TPSA) is 26.3 Å². The number of esters is 1. The van der Waals surface area contributed by atoms with Crippen LogP contribution < -0.4 is 0 Å². The first kappa shape index (κ1) is 15.8. The smallest absolute Gasteiger partial charge is 0.310 e. The monoisotopic (exact) mass is 364 g/mol. The lowest BCUT2D eigenvalue weighted by atomic mass is 9.69. The van der Waals surface area contributed by atoms with E-state index in [0.29, 0.717) is 11.8 Å². The maximum Gasteiger partial charge on any atom is 0.310 e. The zero-order valence-corrected chi connectivity index (χ0v) is 16.3. The van der Waals surface area contributed by atoms with Crippen molar-refractivity contribution in [1.29, 1.82) is 0 Å². The van der Waals surface area contributed by atoms with Crippen molar-refractivity contribution in [2.45, 2.75) is 63.4 Å². The van der Waals surface area contributed by atoms with E-state index in [0.717, 1.165) is 60.7 Å². The van der Waals surface area contributed by atoms with E-state index < -0.39 is 0 Å². The van der Waals surface area contributed by atoms with Crippen molar-refractivity contribution in [1.82, 2.24) is 0 Å². The highest BCUT2D eigenvalue weighted by molar-refractivity contribution is 5.74. The molecular formula is C25H32O2. The number of carbonyl (C=O) groups excluding carboxylic acids is 1. The average Bonchev–Trinajstić information content (AvgIpc) is 3.51. The molecule has 0 N–H and O–H groups in total. The van der Waals surface area contributed by atoms with Crippen LogP contribution in [0, 0.1) is 59.2 Å². The minimum atomic E-state index is -0.243. The third-order valence-corrected chi connectivity index (χ3v) is 10.3. The molecule has 11 atom stereocenters. The van der Waals surface area contributed by atoms with Crippen LogP contribution in [0.2, 0.25) is 0 Å². The molecule has 0 amide bonds. The molecule has 0 radical (unpaired) electrons. The molecule has 0 aromatic heterocycles. The lowest BCUT2D eigenvalue weighted by Crippen LogP contribution is -2.45. The first-order valence-electron chi connectivity index (χ1n) is 11.8. The van der Waals surface area contributed by atoms with Gasteiger partial charge in [0.25, 0.3) is 0 Å². The molecule has 6 bridgehead atoms. The van der Waals surface area contributed by atoms with Crippen molar-refractivity contribution >= 4 is 5.97 Å². The number of rotatable bonds is 3. The quantitative estimate of drug-likeness (QED) is 0.393. The molecule has 0 aromatic carbocycles. The third-order valence-electron chi connectivity index (χ3n) is 10.3. The second kappa shape index (κ2) is 5.30. The van der Waals surface area contributed by atoms with E-state index in [9.17, 15) is 4.79 Å². The number of hydrogen-bond donors (Lipinski definition) is 0. The van der Waals surface area contributed by atoms with Gasteiger partial charge in [0.15, 0.2) is 0 Å². The number of allylic oxidation sites excluding steroid dienone is 3. The van der Waals surface area contributed by atoms with Gasteiger partial charge >= 0.3 is 5.97 Å². The van der Waals surface area contributed by atoms with Gasteiger partial charge in [-0.3, -0.25) is 4.79 Å². The van der Waals surface area contributed by atoms with Gasteiger partial charge in [0.2, 0.25) is 0 Å². The van der Waals surface area contributed by atoms with E-state index in [-0.39, 0.29) is 17.5 Å². The summed E-state index contributed by atoms with van der Waals surface area (Å²) in [5.41, 5.74) is -0.243. The highest BCUT2D eigenvalue weighted by atomic mass is 16.6. The Bertz CT molecular complexity index is 737. The summed E-state index contributed by atoms with van der Waals surface area (Å²) in [5.74, 6) is 7.45. The van der Waals surface area contributed by atoms with Crippen LogP contribution in [-0.4, -0.2) is 11.6 Å². The first-order valence-corrected chi connectivity index (χ1v) is 11.8. The van der Waals surface area contributed by atoms with Crippen molar-refractivity contribution in [2.75, 3.05) is 0 Å². The lowest BCUT2D eigenvalue weighted by Gasteiger charge is -2.41. The fourth-order valence-electron chi connectivity index (χ4n) is 9.54.